The lowest BCUT2D eigenvalue weighted by atomic mass is 9.97. The SMILES string of the molecule is COC(=O)CC1CCCNCC1.Cl. The molecule has 0 aliphatic carbocycles. The fraction of sp³-hybridized carbons (Fsp3) is 0.889. The Bertz CT molecular complexity index is 145. The van der Waals surface area contributed by atoms with Crippen molar-refractivity contribution in [3.63, 3.8) is 0 Å². The predicted molar refractivity (Wildman–Crippen MR) is 54.1 cm³/mol. The zero-order valence-electron chi connectivity index (χ0n) is 8.04. The van der Waals surface area contributed by atoms with Crippen LogP contribution in [0.1, 0.15) is 25.7 Å². The first kappa shape index (κ1) is 12.7. The summed E-state index contributed by atoms with van der Waals surface area (Å²) in [5.41, 5.74) is 0. The molecule has 3 nitrogen and oxygen atoms in total. The second kappa shape index (κ2) is 7.15. The fourth-order valence-electron chi connectivity index (χ4n) is 1.61. The topological polar surface area (TPSA) is 38.3 Å². The summed E-state index contributed by atoms with van der Waals surface area (Å²) in [7, 11) is 1.46. The number of hydrogen-bond acceptors (Lipinski definition) is 3. The molecule has 78 valence electrons. The summed E-state index contributed by atoms with van der Waals surface area (Å²) in [5.74, 6) is 0.467. The van der Waals surface area contributed by atoms with Crippen LogP contribution in [0.2, 0.25) is 0 Å². The molecule has 0 amide bonds. The molecule has 1 rings (SSSR count). The van der Waals surface area contributed by atoms with E-state index in [1.54, 1.807) is 0 Å². The third kappa shape index (κ3) is 5.11. The Morgan fingerprint density at radius 3 is 2.92 bits per heavy atom. The van der Waals surface area contributed by atoms with Gasteiger partial charge in [0.1, 0.15) is 0 Å². The largest absolute Gasteiger partial charge is 0.469 e. The van der Waals surface area contributed by atoms with Crippen LogP contribution in [-0.2, 0) is 9.53 Å². The Balaban J connectivity index is 0.00000144. The summed E-state index contributed by atoms with van der Waals surface area (Å²) < 4.78 is 4.63. The molecule has 0 bridgehead atoms. The number of nitrogens with one attached hydrogen (secondary N) is 1. The Morgan fingerprint density at radius 2 is 2.23 bits per heavy atom. The molecule has 0 saturated carbocycles. The van der Waals surface area contributed by atoms with E-state index in [2.05, 4.69) is 10.1 Å². The number of rotatable bonds is 2. The Kier molecular flexibility index (Phi) is 7.00. The summed E-state index contributed by atoms with van der Waals surface area (Å²) in [4.78, 5) is 10.9. The zero-order valence-corrected chi connectivity index (χ0v) is 8.86. The molecule has 1 N–H and O–H groups in total. The van der Waals surface area contributed by atoms with Crippen molar-refractivity contribution in [1.29, 1.82) is 0 Å². The first-order valence-corrected chi connectivity index (χ1v) is 4.60. The van der Waals surface area contributed by atoms with E-state index in [4.69, 9.17) is 0 Å². The molecule has 0 aromatic heterocycles. The van der Waals surface area contributed by atoms with Gasteiger partial charge in [-0.3, -0.25) is 4.79 Å². The van der Waals surface area contributed by atoms with Gasteiger partial charge in [0.25, 0.3) is 0 Å². The van der Waals surface area contributed by atoms with E-state index in [-0.39, 0.29) is 18.4 Å². The molecule has 1 aliphatic rings. The second-order valence-electron chi connectivity index (χ2n) is 3.33. The Morgan fingerprint density at radius 1 is 1.46 bits per heavy atom. The second-order valence-corrected chi connectivity index (χ2v) is 3.33. The van der Waals surface area contributed by atoms with Gasteiger partial charge in [-0.2, -0.15) is 0 Å². The molecule has 0 spiro atoms. The van der Waals surface area contributed by atoms with Gasteiger partial charge >= 0.3 is 5.97 Å². The predicted octanol–water partition coefficient (Wildman–Crippen LogP) is 1.36. The van der Waals surface area contributed by atoms with E-state index < -0.39 is 0 Å². The Labute approximate surface area is 85.6 Å². The third-order valence-corrected chi connectivity index (χ3v) is 2.38. The minimum absolute atomic E-state index is 0. The van der Waals surface area contributed by atoms with E-state index in [1.165, 1.54) is 13.5 Å². The summed E-state index contributed by atoms with van der Waals surface area (Å²) >= 11 is 0. The highest BCUT2D eigenvalue weighted by atomic mass is 35.5. The van der Waals surface area contributed by atoms with Crippen LogP contribution >= 0.6 is 12.4 Å². The molecule has 1 saturated heterocycles. The first-order valence-electron chi connectivity index (χ1n) is 4.60. The highest BCUT2D eigenvalue weighted by molar-refractivity contribution is 5.85. The van der Waals surface area contributed by atoms with E-state index >= 15 is 0 Å². The highest BCUT2D eigenvalue weighted by Crippen LogP contribution is 2.17. The molecule has 1 aliphatic heterocycles. The standard InChI is InChI=1S/C9H17NO2.ClH/c1-12-9(11)7-8-3-2-5-10-6-4-8;/h8,10H,2-7H2,1H3;1H. The van der Waals surface area contributed by atoms with Crippen LogP contribution < -0.4 is 5.32 Å². The van der Waals surface area contributed by atoms with E-state index in [0.29, 0.717) is 12.3 Å². The molecular weight excluding hydrogens is 190 g/mol. The number of carbonyl (C=O) groups excluding carboxylic acids is 1. The van der Waals surface area contributed by atoms with Gasteiger partial charge in [0.15, 0.2) is 0 Å². The van der Waals surface area contributed by atoms with E-state index in [1.807, 2.05) is 0 Å². The lowest BCUT2D eigenvalue weighted by Crippen LogP contribution is -2.15. The van der Waals surface area contributed by atoms with Gasteiger partial charge in [0.05, 0.1) is 7.11 Å². The molecule has 1 unspecified atom stereocenters. The molecule has 0 aromatic rings. The lowest BCUT2D eigenvalue weighted by molar-refractivity contribution is -0.141. The van der Waals surface area contributed by atoms with Gasteiger partial charge in [-0.1, -0.05) is 0 Å². The minimum Gasteiger partial charge on any atom is -0.469 e. The van der Waals surface area contributed by atoms with Crippen LogP contribution in [0, 0.1) is 5.92 Å². The highest BCUT2D eigenvalue weighted by Gasteiger charge is 2.15. The van der Waals surface area contributed by atoms with Crippen LogP contribution in [0.25, 0.3) is 0 Å². The number of halogens is 1. The Hall–Kier alpha value is -0.280. The summed E-state index contributed by atoms with van der Waals surface area (Å²) in [6, 6.07) is 0. The van der Waals surface area contributed by atoms with Gasteiger partial charge in [-0.25, -0.2) is 0 Å². The maximum Gasteiger partial charge on any atom is 0.305 e. The first-order chi connectivity index (χ1) is 5.83. The quantitative estimate of drug-likeness (QED) is 0.695. The van der Waals surface area contributed by atoms with Crippen molar-refractivity contribution in [1.82, 2.24) is 5.32 Å². The maximum atomic E-state index is 10.9. The van der Waals surface area contributed by atoms with Gasteiger partial charge in [-0.15, -0.1) is 12.4 Å². The number of hydrogen-bond donors (Lipinski definition) is 1. The normalized spacial score (nSPS) is 22.7. The number of ether oxygens (including phenoxy) is 1. The van der Waals surface area contributed by atoms with E-state index in [0.717, 1.165) is 25.9 Å². The molecular formula is C9H18ClNO2. The van der Waals surface area contributed by atoms with E-state index in [9.17, 15) is 4.79 Å². The average Bonchev–Trinajstić information content (AvgIpc) is 2.33. The van der Waals surface area contributed by atoms with Gasteiger partial charge in [0, 0.05) is 6.42 Å². The zero-order chi connectivity index (χ0) is 8.81. The van der Waals surface area contributed by atoms with Crippen LogP contribution in [0.5, 0.6) is 0 Å². The van der Waals surface area contributed by atoms with Crippen molar-refractivity contribution in [2.75, 3.05) is 20.2 Å². The van der Waals surface area contributed by atoms with Crippen LogP contribution in [0.4, 0.5) is 0 Å². The van der Waals surface area contributed by atoms with Gasteiger partial charge < -0.3 is 10.1 Å². The minimum atomic E-state index is -0.0677. The summed E-state index contributed by atoms with van der Waals surface area (Å²) in [6.07, 6.45) is 4.04. The van der Waals surface area contributed by atoms with Crippen LogP contribution in [-0.4, -0.2) is 26.2 Å². The molecule has 1 fully saturated rings. The fourth-order valence-corrected chi connectivity index (χ4v) is 1.61. The monoisotopic (exact) mass is 207 g/mol. The molecule has 4 heteroatoms. The molecule has 13 heavy (non-hydrogen) atoms. The smallest absolute Gasteiger partial charge is 0.305 e. The molecule has 1 heterocycles. The number of esters is 1. The summed E-state index contributed by atoms with van der Waals surface area (Å²) in [5, 5.41) is 3.32. The molecule has 0 aromatic carbocycles. The molecule has 1 atom stereocenters. The average molecular weight is 208 g/mol. The van der Waals surface area contributed by atoms with Crippen molar-refractivity contribution in [2.45, 2.75) is 25.7 Å². The van der Waals surface area contributed by atoms with Gasteiger partial charge in [0.2, 0.25) is 0 Å². The van der Waals surface area contributed by atoms with Gasteiger partial charge in [-0.05, 0) is 38.3 Å². The van der Waals surface area contributed by atoms with Crippen molar-refractivity contribution in [2.24, 2.45) is 5.92 Å². The summed E-state index contributed by atoms with van der Waals surface area (Å²) in [6.45, 7) is 2.14. The number of methoxy groups -OCH3 is 1. The van der Waals surface area contributed by atoms with Crippen molar-refractivity contribution < 1.29 is 9.53 Å². The van der Waals surface area contributed by atoms with Crippen molar-refractivity contribution in [3.05, 3.63) is 0 Å². The van der Waals surface area contributed by atoms with Crippen molar-refractivity contribution >= 4 is 18.4 Å². The van der Waals surface area contributed by atoms with Crippen LogP contribution in [0.3, 0.4) is 0 Å². The number of carbonyl (C=O) groups is 1. The van der Waals surface area contributed by atoms with Crippen LogP contribution in [0.15, 0.2) is 0 Å². The van der Waals surface area contributed by atoms with Crippen molar-refractivity contribution in [3.8, 4) is 0 Å². The third-order valence-electron chi connectivity index (χ3n) is 2.38. The maximum absolute atomic E-state index is 10.9. The molecule has 0 radical (unpaired) electrons. The lowest BCUT2D eigenvalue weighted by Gasteiger charge is -2.10.